The van der Waals surface area contributed by atoms with Crippen LogP contribution in [0.25, 0.3) is 11.2 Å². The number of carbonyl (C=O) groups is 1. The van der Waals surface area contributed by atoms with Gasteiger partial charge in [0.2, 0.25) is 0 Å². The number of hydrogen-bond donors (Lipinski definition) is 3. The minimum absolute atomic E-state index is 0.209. The number of aliphatic hydroxyl groups excluding tert-OH is 1. The highest BCUT2D eigenvalue weighted by molar-refractivity contribution is 7.52. The number of hydrogen-bond acceptors (Lipinski definition) is 10. The van der Waals surface area contributed by atoms with Crippen LogP contribution >= 0.6 is 7.75 Å². The van der Waals surface area contributed by atoms with E-state index >= 15 is 4.39 Å². The lowest BCUT2D eigenvalue weighted by Gasteiger charge is -2.25. The smallest absolute Gasteiger partial charge is 0.459 e. The van der Waals surface area contributed by atoms with Crippen molar-refractivity contribution in [1.82, 2.24) is 19.6 Å². The Balaban J connectivity index is 1.34. The summed E-state index contributed by atoms with van der Waals surface area (Å²) in [6.45, 7) is 5.52. The summed E-state index contributed by atoms with van der Waals surface area (Å²) in [5.74, 6) is -0.454. The molecular weight excluding hydrogens is 556 g/mol. The Labute approximate surface area is 237 Å². The van der Waals surface area contributed by atoms with E-state index in [1.54, 1.807) is 50.4 Å². The molecule has 0 amide bonds. The highest BCUT2D eigenvalue weighted by atomic mass is 31.2. The maximum atomic E-state index is 16.0. The van der Waals surface area contributed by atoms with Gasteiger partial charge in [-0.1, -0.05) is 18.2 Å². The number of para-hydroxylation sites is 1. The standard InChI is InChI=1S/C27H35FN5O7P/c1-16(2)38-25(35)17(3)32-41(36,40-19-8-6-5-7-9-19)37-14-21-23(34)27(4,28)26(39-21)33-15-30-22-20(31-18-10-11-18)12-13-29-24(22)33/h5-9,12-13,15-18,21,23,26,34H,10-11,14H2,1-4H3,(H,29,31)(H,32,36)/t17?,21-,23-,26-,27-,41?/m1/s1. The molecule has 1 aliphatic carbocycles. The van der Waals surface area contributed by atoms with Crippen LogP contribution in [0.2, 0.25) is 0 Å². The number of rotatable bonds is 12. The molecule has 2 aromatic heterocycles. The first-order valence-corrected chi connectivity index (χ1v) is 15.1. The average Bonchev–Trinajstić information content (AvgIpc) is 3.58. The summed E-state index contributed by atoms with van der Waals surface area (Å²) < 4.78 is 53.7. The number of aromatic nitrogens is 3. The molecule has 12 nitrogen and oxygen atoms in total. The Morgan fingerprint density at radius 2 is 1.98 bits per heavy atom. The highest BCUT2D eigenvalue weighted by Gasteiger charge is 2.56. The number of ether oxygens (including phenoxy) is 2. The minimum atomic E-state index is -4.25. The third-order valence-electron chi connectivity index (χ3n) is 6.80. The van der Waals surface area contributed by atoms with Gasteiger partial charge in [-0.05, 0) is 58.7 Å². The summed E-state index contributed by atoms with van der Waals surface area (Å²) in [6.07, 6.45) is 0.551. The number of anilines is 1. The van der Waals surface area contributed by atoms with Gasteiger partial charge in [-0.2, -0.15) is 5.09 Å². The lowest BCUT2D eigenvalue weighted by molar-refractivity contribution is -0.149. The number of carbonyl (C=O) groups excluding carboxylic acids is 1. The fourth-order valence-corrected chi connectivity index (χ4v) is 6.03. The van der Waals surface area contributed by atoms with Gasteiger partial charge in [-0.3, -0.25) is 13.9 Å². The Morgan fingerprint density at radius 1 is 1.24 bits per heavy atom. The molecule has 222 valence electrons. The van der Waals surface area contributed by atoms with Crippen LogP contribution in [0.1, 0.15) is 46.8 Å². The molecule has 3 N–H and O–H groups in total. The van der Waals surface area contributed by atoms with E-state index in [2.05, 4.69) is 20.4 Å². The molecule has 1 aliphatic heterocycles. The van der Waals surface area contributed by atoms with E-state index < -0.39 is 56.6 Å². The van der Waals surface area contributed by atoms with E-state index in [4.69, 9.17) is 18.5 Å². The SMILES string of the molecule is CC(C)OC(=O)C(C)NP(=O)(OC[C@H]1O[C@@H](n2cnc3c(NC4CC4)ccnc32)[C@](C)(F)[C@@H]1O)Oc1ccccc1. The molecule has 3 heterocycles. The fraction of sp³-hybridized carbons (Fsp3) is 0.519. The Morgan fingerprint density at radius 3 is 2.66 bits per heavy atom. The molecule has 1 aromatic carbocycles. The summed E-state index contributed by atoms with van der Waals surface area (Å²) >= 11 is 0. The molecule has 6 atom stereocenters. The molecule has 2 unspecified atom stereocenters. The van der Waals surface area contributed by atoms with Crippen LogP contribution in [0.3, 0.4) is 0 Å². The zero-order chi connectivity index (χ0) is 29.4. The lowest BCUT2D eigenvalue weighted by atomic mass is 9.98. The molecule has 0 bridgehead atoms. The van der Waals surface area contributed by atoms with Crippen LogP contribution in [0, 0.1) is 0 Å². The predicted molar refractivity (Wildman–Crippen MR) is 148 cm³/mol. The third kappa shape index (κ3) is 6.54. The number of nitrogens with zero attached hydrogens (tertiary/aromatic N) is 3. The number of pyridine rings is 1. The monoisotopic (exact) mass is 591 g/mol. The Bertz CT molecular complexity index is 1420. The zero-order valence-corrected chi connectivity index (χ0v) is 24.2. The molecule has 5 rings (SSSR count). The normalized spacial score (nSPS) is 26.6. The van der Waals surface area contributed by atoms with Crippen LogP contribution in [-0.4, -0.2) is 68.3 Å². The van der Waals surface area contributed by atoms with Gasteiger partial charge in [0.05, 0.1) is 24.7 Å². The van der Waals surface area contributed by atoms with E-state index in [-0.39, 0.29) is 5.75 Å². The predicted octanol–water partition coefficient (Wildman–Crippen LogP) is 4.13. The second-order valence-corrected chi connectivity index (χ2v) is 12.5. The van der Waals surface area contributed by atoms with E-state index in [1.807, 2.05) is 6.07 Å². The second kappa shape index (κ2) is 11.7. The average molecular weight is 592 g/mol. The maximum absolute atomic E-state index is 16.0. The first-order valence-electron chi connectivity index (χ1n) is 13.5. The summed E-state index contributed by atoms with van der Waals surface area (Å²) in [5, 5.41) is 16.9. The van der Waals surface area contributed by atoms with E-state index in [0.717, 1.165) is 18.5 Å². The van der Waals surface area contributed by atoms with Gasteiger partial charge in [-0.25, -0.2) is 18.9 Å². The lowest BCUT2D eigenvalue weighted by Crippen LogP contribution is -2.41. The molecule has 14 heteroatoms. The summed E-state index contributed by atoms with van der Waals surface area (Å²) in [5.41, 5.74) is -0.559. The highest BCUT2D eigenvalue weighted by Crippen LogP contribution is 2.48. The number of alkyl halides is 1. The second-order valence-electron chi connectivity index (χ2n) is 10.8. The van der Waals surface area contributed by atoms with Crippen LogP contribution in [0.4, 0.5) is 10.1 Å². The van der Waals surface area contributed by atoms with Crippen LogP contribution in [0.5, 0.6) is 5.75 Å². The van der Waals surface area contributed by atoms with Gasteiger partial charge in [0.1, 0.15) is 29.5 Å². The van der Waals surface area contributed by atoms with Gasteiger partial charge in [0.25, 0.3) is 0 Å². The molecule has 1 saturated carbocycles. The zero-order valence-electron chi connectivity index (χ0n) is 23.3. The van der Waals surface area contributed by atoms with Crippen molar-refractivity contribution in [3.63, 3.8) is 0 Å². The third-order valence-corrected chi connectivity index (χ3v) is 8.45. The minimum Gasteiger partial charge on any atom is -0.462 e. The summed E-state index contributed by atoms with van der Waals surface area (Å²) in [6, 6.07) is 9.34. The Kier molecular flexibility index (Phi) is 8.36. The van der Waals surface area contributed by atoms with Gasteiger partial charge >= 0.3 is 13.7 Å². The van der Waals surface area contributed by atoms with Gasteiger partial charge in [0, 0.05) is 12.2 Å². The molecule has 2 aliphatic rings. The van der Waals surface area contributed by atoms with E-state index in [9.17, 15) is 14.5 Å². The topological polar surface area (TPSA) is 146 Å². The van der Waals surface area contributed by atoms with E-state index in [0.29, 0.717) is 17.2 Å². The number of benzene rings is 1. The van der Waals surface area contributed by atoms with Crippen molar-refractivity contribution in [2.45, 2.75) is 82.8 Å². The fourth-order valence-electron chi connectivity index (χ4n) is 4.53. The van der Waals surface area contributed by atoms with Crippen molar-refractivity contribution < 1.29 is 37.4 Å². The number of aliphatic hydroxyl groups is 1. The number of imidazole rings is 1. The molecular formula is C27H35FN5O7P. The molecule has 2 fully saturated rings. The van der Waals surface area contributed by atoms with Crippen molar-refractivity contribution in [2.75, 3.05) is 11.9 Å². The summed E-state index contributed by atoms with van der Waals surface area (Å²) in [7, 11) is -4.25. The van der Waals surface area contributed by atoms with Crippen molar-refractivity contribution in [3.05, 3.63) is 48.9 Å². The molecule has 0 spiro atoms. The largest absolute Gasteiger partial charge is 0.462 e. The van der Waals surface area contributed by atoms with Crippen LogP contribution in [-0.2, 0) is 23.4 Å². The molecule has 3 aromatic rings. The quantitative estimate of drug-likeness (QED) is 0.206. The Hall–Kier alpha value is -3.09. The first kappa shape index (κ1) is 29.4. The van der Waals surface area contributed by atoms with Gasteiger partial charge in [-0.15, -0.1) is 0 Å². The molecule has 1 saturated heterocycles. The van der Waals surface area contributed by atoms with Gasteiger partial charge in [0.15, 0.2) is 17.5 Å². The number of fused-ring (bicyclic) bond motifs is 1. The number of nitrogens with one attached hydrogen (secondary N) is 2. The van der Waals surface area contributed by atoms with Crippen LogP contribution < -0.4 is 14.9 Å². The van der Waals surface area contributed by atoms with E-state index in [1.165, 1.54) is 24.7 Å². The van der Waals surface area contributed by atoms with Crippen molar-refractivity contribution >= 4 is 30.6 Å². The van der Waals surface area contributed by atoms with Crippen LogP contribution in [0.15, 0.2) is 48.9 Å². The molecule has 41 heavy (non-hydrogen) atoms. The summed E-state index contributed by atoms with van der Waals surface area (Å²) in [4.78, 5) is 21.2. The van der Waals surface area contributed by atoms with Gasteiger partial charge < -0.3 is 24.4 Å². The number of esters is 1. The van der Waals surface area contributed by atoms with Crippen molar-refractivity contribution in [1.29, 1.82) is 0 Å². The number of halogens is 1. The first-order chi connectivity index (χ1) is 19.5. The van der Waals surface area contributed by atoms with Crippen molar-refractivity contribution in [3.8, 4) is 5.75 Å². The maximum Gasteiger partial charge on any atom is 0.459 e. The molecule has 0 radical (unpaired) electrons. The van der Waals surface area contributed by atoms with Crippen molar-refractivity contribution in [2.24, 2.45) is 0 Å².